The molecule has 1 aliphatic rings. The molecular formula is C12H12ClF4NO2S. The minimum atomic E-state index is -4.68. The van der Waals surface area contributed by atoms with E-state index >= 15 is 0 Å². The molecule has 0 N–H and O–H groups in total. The Bertz CT molecular complexity index is 629. The first kappa shape index (κ1) is 16.5. The molecule has 0 unspecified atom stereocenters. The van der Waals surface area contributed by atoms with Gasteiger partial charge in [0.05, 0.1) is 0 Å². The van der Waals surface area contributed by atoms with Crippen molar-refractivity contribution in [3.05, 3.63) is 29.6 Å². The molecule has 0 heterocycles. The third kappa shape index (κ3) is 3.87. The van der Waals surface area contributed by atoms with E-state index in [9.17, 15) is 26.0 Å². The zero-order valence-corrected chi connectivity index (χ0v) is 12.3. The van der Waals surface area contributed by atoms with Crippen LogP contribution in [0.3, 0.4) is 0 Å². The van der Waals surface area contributed by atoms with Gasteiger partial charge in [-0.25, -0.2) is 12.8 Å². The minimum absolute atomic E-state index is 0.0640. The molecule has 0 atom stereocenters. The lowest BCUT2D eigenvalue weighted by molar-refractivity contribution is -0.137. The van der Waals surface area contributed by atoms with Crippen LogP contribution in [0.4, 0.5) is 17.6 Å². The second-order valence-electron chi connectivity index (χ2n) is 4.80. The summed E-state index contributed by atoms with van der Waals surface area (Å²) in [6.07, 6.45) is -4.01. The summed E-state index contributed by atoms with van der Waals surface area (Å²) in [6, 6.07) is 2.43. The number of halogens is 5. The Hall–Kier alpha value is -0.860. The smallest absolute Gasteiger partial charge is 0.207 e. The fraction of sp³-hybridized carbons (Fsp3) is 0.500. The fourth-order valence-corrected chi connectivity index (χ4v) is 3.86. The number of benzene rings is 1. The number of alkyl halides is 4. The average Bonchev–Trinajstić information content (AvgIpc) is 3.19. The molecule has 0 bridgehead atoms. The van der Waals surface area contributed by atoms with Crippen molar-refractivity contribution in [2.75, 3.05) is 6.54 Å². The topological polar surface area (TPSA) is 37.4 Å². The van der Waals surface area contributed by atoms with E-state index in [-0.39, 0.29) is 5.88 Å². The average molecular weight is 346 g/mol. The van der Waals surface area contributed by atoms with E-state index in [4.69, 9.17) is 11.6 Å². The van der Waals surface area contributed by atoms with Gasteiger partial charge in [-0.1, -0.05) is 6.07 Å². The van der Waals surface area contributed by atoms with E-state index in [1.165, 1.54) is 6.07 Å². The summed E-state index contributed by atoms with van der Waals surface area (Å²) in [5.74, 6) is -1.15. The second kappa shape index (κ2) is 5.73. The lowest BCUT2D eigenvalue weighted by Gasteiger charge is -2.23. The first-order valence-electron chi connectivity index (χ1n) is 6.08. The largest absolute Gasteiger partial charge is 0.402 e. The van der Waals surface area contributed by atoms with Crippen LogP contribution >= 0.6 is 11.6 Å². The van der Waals surface area contributed by atoms with Gasteiger partial charge in [0.1, 0.15) is 17.3 Å². The van der Waals surface area contributed by atoms with E-state index in [0.29, 0.717) is 22.7 Å². The highest BCUT2D eigenvalue weighted by atomic mass is 35.5. The SMILES string of the molecule is O=S(=O)(c1cc(CCl)ccc1F)N(CC(F)(F)F)C1CC1. The monoisotopic (exact) mass is 345 g/mol. The van der Waals surface area contributed by atoms with Gasteiger partial charge in [0.25, 0.3) is 0 Å². The molecule has 3 nitrogen and oxygen atoms in total. The van der Waals surface area contributed by atoms with Crippen molar-refractivity contribution in [2.24, 2.45) is 0 Å². The molecule has 21 heavy (non-hydrogen) atoms. The van der Waals surface area contributed by atoms with Crippen LogP contribution in [-0.2, 0) is 15.9 Å². The van der Waals surface area contributed by atoms with Gasteiger partial charge >= 0.3 is 6.18 Å². The molecule has 0 aliphatic heterocycles. The van der Waals surface area contributed by atoms with Crippen molar-refractivity contribution in [3.8, 4) is 0 Å². The molecular weight excluding hydrogens is 334 g/mol. The molecule has 9 heteroatoms. The number of rotatable bonds is 5. The highest BCUT2D eigenvalue weighted by molar-refractivity contribution is 7.89. The van der Waals surface area contributed by atoms with Crippen LogP contribution in [0.1, 0.15) is 18.4 Å². The number of nitrogens with zero attached hydrogens (tertiary/aromatic N) is 1. The molecule has 1 aromatic rings. The highest BCUT2D eigenvalue weighted by Gasteiger charge is 2.45. The Morgan fingerprint density at radius 1 is 1.29 bits per heavy atom. The zero-order chi connectivity index (χ0) is 15.8. The predicted octanol–water partition coefficient (Wildman–Crippen LogP) is 3.28. The van der Waals surface area contributed by atoms with Crippen LogP contribution < -0.4 is 0 Å². The Morgan fingerprint density at radius 3 is 2.38 bits per heavy atom. The Kier molecular flexibility index (Phi) is 4.51. The molecule has 0 radical (unpaired) electrons. The Balaban J connectivity index is 2.43. The van der Waals surface area contributed by atoms with Gasteiger partial charge < -0.3 is 0 Å². The van der Waals surface area contributed by atoms with Crippen LogP contribution in [0.15, 0.2) is 23.1 Å². The van der Waals surface area contributed by atoms with Crippen molar-refractivity contribution >= 4 is 21.6 Å². The molecule has 0 saturated heterocycles. The highest BCUT2D eigenvalue weighted by Crippen LogP contribution is 2.35. The number of hydrogen-bond donors (Lipinski definition) is 0. The summed E-state index contributed by atoms with van der Waals surface area (Å²) in [5, 5.41) is 0. The lowest BCUT2D eigenvalue weighted by atomic mass is 10.2. The maximum Gasteiger partial charge on any atom is 0.402 e. The van der Waals surface area contributed by atoms with Gasteiger partial charge in [-0.05, 0) is 30.5 Å². The summed E-state index contributed by atoms with van der Waals surface area (Å²) in [5.41, 5.74) is 0.319. The van der Waals surface area contributed by atoms with E-state index in [0.717, 1.165) is 12.1 Å². The summed E-state index contributed by atoms with van der Waals surface area (Å²) < 4.78 is 76.4. The molecule has 0 spiro atoms. The standard InChI is InChI=1S/C12H12ClF4NO2S/c13-6-8-1-4-10(14)11(5-8)21(19,20)18(9-2-3-9)7-12(15,16)17/h1,4-5,9H,2-3,6-7H2. The summed E-state index contributed by atoms with van der Waals surface area (Å²) in [4.78, 5) is -0.767. The molecule has 2 rings (SSSR count). The van der Waals surface area contributed by atoms with E-state index in [1.807, 2.05) is 0 Å². The quantitative estimate of drug-likeness (QED) is 0.606. The first-order chi connectivity index (χ1) is 9.65. The molecule has 1 aromatic carbocycles. The molecule has 0 aromatic heterocycles. The Morgan fingerprint density at radius 2 is 1.90 bits per heavy atom. The normalized spacial score (nSPS) is 16.5. The number of hydrogen-bond acceptors (Lipinski definition) is 2. The third-order valence-electron chi connectivity index (χ3n) is 3.03. The first-order valence-corrected chi connectivity index (χ1v) is 8.05. The summed E-state index contributed by atoms with van der Waals surface area (Å²) in [7, 11) is -4.55. The van der Waals surface area contributed by atoms with Gasteiger partial charge in [-0.15, -0.1) is 11.6 Å². The molecule has 1 fully saturated rings. The van der Waals surface area contributed by atoms with Crippen molar-refractivity contribution in [2.45, 2.75) is 35.8 Å². The van der Waals surface area contributed by atoms with Gasteiger partial charge in [0.15, 0.2) is 0 Å². The van der Waals surface area contributed by atoms with E-state index < -0.39 is 39.5 Å². The van der Waals surface area contributed by atoms with Crippen LogP contribution in [0.25, 0.3) is 0 Å². The maximum atomic E-state index is 13.7. The van der Waals surface area contributed by atoms with Crippen LogP contribution in [0.2, 0.25) is 0 Å². The van der Waals surface area contributed by atoms with Crippen molar-refractivity contribution in [3.63, 3.8) is 0 Å². The number of sulfonamides is 1. The van der Waals surface area contributed by atoms with Crippen LogP contribution in [-0.4, -0.2) is 31.5 Å². The summed E-state index contributed by atoms with van der Waals surface area (Å²) >= 11 is 5.55. The maximum absolute atomic E-state index is 13.7. The van der Waals surface area contributed by atoms with Crippen LogP contribution in [0, 0.1) is 5.82 Å². The van der Waals surface area contributed by atoms with Gasteiger partial charge in [-0.2, -0.15) is 17.5 Å². The van der Waals surface area contributed by atoms with Crippen molar-refractivity contribution in [1.29, 1.82) is 0 Å². The lowest BCUT2D eigenvalue weighted by Crippen LogP contribution is -2.40. The van der Waals surface area contributed by atoms with E-state index in [1.54, 1.807) is 0 Å². The third-order valence-corrected chi connectivity index (χ3v) is 5.25. The van der Waals surface area contributed by atoms with Gasteiger partial charge in [0, 0.05) is 11.9 Å². The van der Waals surface area contributed by atoms with Crippen molar-refractivity contribution < 1.29 is 26.0 Å². The second-order valence-corrected chi connectivity index (χ2v) is 6.92. The Labute approximate surface area is 124 Å². The van der Waals surface area contributed by atoms with Gasteiger partial charge in [0.2, 0.25) is 10.0 Å². The van der Waals surface area contributed by atoms with Crippen molar-refractivity contribution in [1.82, 2.24) is 4.31 Å². The fourth-order valence-electron chi connectivity index (χ4n) is 1.90. The molecule has 0 amide bonds. The molecule has 118 valence electrons. The zero-order valence-electron chi connectivity index (χ0n) is 10.7. The summed E-state index contributed by atoms with van der Waals surface area (Å²) in [6.45, 7) is -1.62. The van der Waals surface area contributed by atoms with Gasteiger partial charge in [-0.3, -0.25) is 0 Å². The minimum Gasteiger partial charge on any atom is -0.207 e. The predicted molar refractivity (Wildman–Crippen MR) is 68.9 cm³/mol. The van der Waals surface area contributed by atoms with E-state index in [2.05, 4.69) is 0 Å². The molecule has 1 saturated carbocycles. The molecule has 1 aliphatic carbocycles. The van der Waals surface area contributed by atoms with Crippen LogP contribution in [0.5, 0.6) is 0 Å².